The number of H-pyrrole nitrogens is 1. The highest BCUT2D eigenvalue weighted by atomic mass is 79.9. The van der Waals surface area contributed by atoms with Gasteiger partial charge in [-0.15, -0.1) is 11.8 Å². The molecule has 0 unspecified atom stereocenters. The standard InChI is InChI=1S/C14H15BrN2OS/c1-3-12-9(2)16-13(17-14(12)18)8-19-11-6-4-5-10(15)7-11/h4-7H,3,8H2,1-2H3,(H,16,17,18). The summed E-state index contributed by atoms with van der Waals surface area (Å²) in [6.07, 6.45) is 0.715. The Morgan fingerprint density at radius 3 is 2.84 bits per heavy atom. The fraction of sp³-hybridized carbons (Fsp3) is 0.286. The summed E-state index contributed by atoms with van der Waals surface area (Å²) in [4.78, 5) is 20.3. The van der Waals surface area contributed by atoms with Crippen LogP contribution in [0.25, 0.3) is 0 Å². The van der Waals surface area contributed by atoms with Crippen molar-refractivity contribution in [2.24, 2.45) is 0 Å². The molecule has 0 saturated carbocycles. The minimum absolute atomic E-state index is 0.0140. The molecule has 1 aromatic heterocycles. The zero-order valence-electron chi connectivity index (χ0n) is 10.9. The van der Waals surface area contributed by atoms with E-state index in [4.69, 9.17) is 0 Å². The molecule has 2 rings (SSSR count). The molecule has 0 radical (unpaired) electrons. The monoisotopic (exact) mass is 338 g/mol. The maximum Gasteiger partial charge on any atom is 0.254 e. The number of aromatic amines is 1. The highest BCUT2D eigenvalue weighted by Crippen LogP contribution is 2.24. The number of benzene rings is 1. The van der Waals surface area contributed by atoms with Gasteiger partial charge in [0.15, 0.2) is 0 Å². The van der Waals surface area contributed by atoms with Gasteiger partial charge in [-0.25, -0.2) is 4.98 Å². The van der Waals surface area contributed by atoms with Crippen LogP contribution in [0.1, 0.15) is 24.0 Å². The third-order valence-electron chi connectivity index (χ3n) is 2.80. The van der Waals surface area contributed by atoms with Gasteiger partial charge in [-0.05, 0) is 31.5 Å². The quantitative estimate of drug-likeness (QED) is 0.864. The van der Waals surface area contributed by atoms with E-state index in [1.54, 1.807) is 11.8 Å². The lowest BCUT2D eigenvalue weighted by molar-refractivity contribution is 0.907. The average Bonchev–Trinajstić information content (AvgIpc) is 2.36. The Balaban J connectivity index is 2.14. The van der Waals surface area contributed by atoms with Gasteiger partial charge in [0.25, 0.3) is 5.56 Å². The van der Waals surface area contributed by atoms with Gasteiger partial charge in [-0.2, -0.15) is 0 Å². The minimum Gasteiger partial charge on any atom is -0.310 e. The molecule has 0 aliphatic heterocycles. The summed E-state index contributed by atoms with van der Waals surface area (Å²) < 4.78 is 1.05. The van der Waals surface area contributed by atoms with Crippen molar-refractivity contribution in [3.05, 3.63) is 56.2 Å². The van der Waals surface area contributed by atoms with E-state index in [0.29, 0.717) is 12.2 Å². The summed E-state index contributed by atoms with van der Waals surface area (Å²) in [6, 6.07) is 8.08. The molecule has 5 heteroatoms. The molecule has 100 valence electrons. The van der Waals surface area contributed by atoms with E-state index >= 15 is 0 Å². The van der Waals surface area contributed by atoms with Crippen LogP contribution in [0.2, 0.25) is 0 Å². The van der Waals surface area contributed by atoms with Crippen LogP contribution in [0.3, 0.4) is 0 Å². The summed E-state index contributed by atoms with van der Waals surface area (Å²) >= 11 is 5.10. The maximum atomic E-state index is 11.8. The van der Waals surface area contributed by atoms with Crippen LogP contribution >= 0.6 is 27.7 Å². The molecule has 0 amide bonds. The topological polar surface area (TPSA) is 45.8 Å². The number of rotatable bonds is 4. The van der Waals surface area contributed by atoms with Crippen LogP contribution in [0.4, 0.5) is 0 Å². The molecule has 0 spiro atoms. The second kappa shape index (κ2) is 6.39. The maximum absolute atomic E-state index is 11.8. The summed E-state index contributed by atoms with van der Waals surface area (Å²) in [5.74, 6) is 1.39. The zero-order chi connectivity index (χ0) is 13.8. The molecule has 0 atom stereocenters. The van der Waals surface area contributed by atoms with Gasteiger partial charge >= 0.3 is 0 Å². The van der Waals surface area contributed by atoms with E-state index < -0.39 is 0 Å². The van der Waals surface area contributed by atoms with Gasteiger partial charge < -0.3 is 4.98 Å². The molecule has 2 aromatic rings. The summed E-state index contributed by atoms with van der Waals surface area (Å²) in [5, 5.41) is 0. The second-order valence-corrected chi connectivity index (χ2v) is 6.14. The number of aryl methyl sites for hydroxylation is 1. The third-order valence-corrected chi connectivity index (χ3v) is 4.29. The van der Waals surface area contributed by atoms with Gasteiger partial charge in [0, 0.05) is 20.6 Å². The van der Waals surface area contributed by atoms with E-state index in [9.17, 15) is 4.79 Å². The first-order valence-electron chi connectivity index (χ1n) is 6.07. The van der Waals surface area contributed by atoms with E-state index in [-0.39, 0.29) is 5.56 Å². The molecule has 0 aliphatic carbocycles. The van der Waals surface area contributed by atoms with Crippen LogP contribution in [-0.2, 0) is 12.2 Å². The Morgan fingerprint density at radius 2 is 2.21 bits per heavy atom. The van der Waals surface area contributed by atoms with Crippen molar-refractivity contribution in [3.63, 3.8) is 0 Å². The van der Waals surface area contributed by atoms with Crippen LogP contribution in [0.5, 0.6) is 0 Å². The van der Waals surface area contributed by atoms with Crippen LogP contribution in [0, 0.1) is 6.92 Å². The van der Waals surface area contributed by atoms with Crippen LogP contribution in [-0.4, -0.2) is 9.97 Å². The number of halogens is 1. The molecule has 19 heavy (non-hydrogen) atoms. The molecule has 0 bridgehead atoms. The number of nitrogens with one attached hydrogen (secondary N) is 1. The van der Waals surface area contributed by atoms with Crippen molar-refractivity contribution >= 4 is 27.7 Å². The van der Waals surface area contributed by atoms with Crippen molar-refractivity contribution in [3.8, 4) is 0 Å². The second-order valence-electron chi connectivity index (χ2n) is 4.18. The van der Waals surface area contributed by atoms with Crippen molar-refractivity contribution < 1.29 is 0 Å². The summed E-state index contributed by atoms with van der Waals surface area (Å²) in [7, 11) is 0. The molecule has 1 heterocycles. The van der Waals surface area contributed by atoms with Gasteiger partial charge in [0.05, 0.1) is 5.75 Å². The van der Waals surface area contributed by atoms with Crippen molar-refractivity contribution in [1.29, 1.82) is 0 Å². The highest BCUT2D eigenvalue weighted by Gasteiger charge is 2.06. The Hall–Kier alpha value is -1.07. The fourth-order valence-corrected chi connectivity index (χ4v) is 3.24. The lowest BCUT2D eigenvalue weighted by atomic mass is 10.2. The summed E-state index contributed by atoms with van der Waals surface area (Å²) in [6.45, 7) is 3.86. The number of hydrogen-bond donors (Lipinski definition) is 1. The molecular formula is C14H15BrN2OS. The Bertz CT molecular complexity index is 640. The SMILES string of the molecule is CCc1c(C)nc(CSc2cccc(Br)c2)[nH]c1=O. The minimum atomic E-state index is -0.0140. The predicted molar refractivity (Wildman–Crippen MR) is 82.7 cm³/mol. The molecule has 1 aromatic carbocycles. The Morgan fingerprint density at radius 1 is 1.42 bits per heavy atom. The molecule has 1 N–H and O–H groups in total. The van der Waals surface area contributed by atoms with E-state index in [1.165, 1.54) is 0 Å². The normalized spacial score (nSPS) is 10.7. The molecule has 0 fully saturated rings. The van der Waals surface area contributed by atoms with Crippen molar-refractivity contribution in [2.45, 2.75) is 30.9 Å². The zero-order valence-corrected chi connectivity index (χ0v) is 13.3. The number of aromatic nitrogens is 2. The van der Waals surface area contributed by atoms with Crippen LogP contribution in [0.15, 0.2) is 38.4 Å². The predicted octanol–water partition coefficient (Wildman–Crippen LogP) is 3.70. The van der Waals surface area contributed by atoms with Crippen LogP contribution < -0.4 is 5.56 Å². The number of nitrogens with zero attached hydrogens (tertiary/aromatic N) is 1. The first kappa shape index (κ1) is 14.3. The molecule has 0 saturated heterocycles. The van der Waals surface area contributed by atoms with Gasteiger partial charge in [0.1, 0.15) is 5.82 Å². The van der Waals surface area contributed by atoms with Gasteiger partial charge in [0.2, 0.25) is 0 Å². The van der Waals surface area contributed by atoms with Crippen molar-refractivity contribution in [2.75, 3.05) is 0 Å². The lowest BCUT2D eigenvalue weighted by Gasteiger charge is -2.06. The molecule has 0 aliphatic rings. The van der Waals surface area contributed by atoms with Gasteiger partial charge in [-0.3, -0.25) is 4.79 Å². The number of hydrogen-bond acceptors (Lipinski definition) is 3. The Kier molecular flexibility index (Phi) is 4.82. The molecular weight excluding hydrogens is 324 g/mol. The van der Waals surface area contributed by atoms with E-state index in [1.807, 2.05) is 32.0 Å². The molecule has 3 nitrogen and oxygen atoms in total. The highest BCUT2D eigenvalue weighted by molar-refractivity contribution is 9.10. The smallest absolute Gasteiger partial charge is 0.254 e. The Labute approximate surface area is 125 Å². The van der Waals surface area contributed by atoms with Gasteiger partial charge in [-0.1, -0.05) is 28.9 Å². The first-order valence-corrected chi connectivity index (χ1v) is 7.85. The average molecular weight is 339 g/mol. The van der Waals surface area contributed by atoms with E-state index in [0.717, 1.165) is 26.4 Å². The van der Waals surface area contributed by atoms with E-state index in [2.05, 4.69) is 32.0 Å². The number of thioether (sulfide) groups is 1. The largest absolute Gasteiger partial charge is 0.310 e. The lowest BCUT2D eigenvalue weighted by Crippen LogP contribution is -2.18. The third kappa shape index (κ3) is 3.70. The fourth-order valence-electron chi connectivity index (χ4n) is 1.86. The summed E-state index contributed by atoms with van der Waals surface area (Å²) in [5.41, 5.74) is 1.59. The first-order chi connectivity index (χ1) is 9.10. The van der Waals surface area contributed by atoms with Crippen molar-refractivity contribution in [1.82, 2.24) is 9.97 Å².